The molecule has 2 nitrogen and oxygen atoms in total. The standard InChI is InChI=1S/C24H33NOS/c1-2-3-4-5-6-7-8-15-20-25-24(26)23(21-16-11-9-12-17-21)27-22-18-13-10-14-19-22/h9-14,16-19,23H,2-8,15,20H2,1H3,(H,25,26)/t23-/m1/s1. The van der Waals surface area contributed by atoms with E-state index in [9.17, 15) is 4.79 Å². The van der Waals surface area contributed by atoms with Crippen LogP contribution < -0.4 is 5.32 Å². The summed E-state index contributed by atoms with van der Waals surface area (Å²) in [6.07, 6.45) is 10.2. The van der Waals surface area contributed by atoms with Crippen molar-refractivity contribution in [3.05, 3.63) is 66.2 Å². The van der Waals surface area contributed by atoms with Gasteiger partial charge in [-0.3, -0.25) is 4.79 Å². The summed E-state index contributed by atoms with van der Waals surface area (Å²) >= 11 is 1.62. The molecule has 2 aromatic rings. The molecule has 1 N–H and O–H groups in total. The molecule has 0 aliphatic rings. The zero-order valence-electron chi connectivity index (χ0n) is 16.5. The number of carbonyl (C=O) groups excluding carboxylic acids is 1. The number of hydrogen-bond donors (Lipinski definition) is 1. The highest BCUT2D eigenvalue weighted by Crippen LogP contribution is 2.35. The van der Waals surface area contributed by atoms with E-state index in [-0.39, 0.29) is 11.2 Å². The molecule has 27 heavy (non-hydrogen) atoms. The fourth-order valence-electron chi connectivity index (χ4n) is 3.10. The van der Waals surface area contributed by atoms with Gasteiger partial charge in [0.15, 0.2) is 0 Å². The zero-order chi connectivity index (χ0) is 19.2. The van der Waals surface area contributed by atoms with Crippen LogP contribution in [0.2, 0.25) is 0 Å². The van der Waals surface area contributed by atoms with Crippen molar-refractivity contribution in [3.8, 4) is 0 Å². The summed E-state index contributed by atoms with van der Waals surface area (Å²) in [7, 11) is 0. The van der Waals surface area contributed by atoms with Crippen LogP contribution in [0.1, 0.15) is 69.1 Å². The van der Waals surface area contributed by atoms with E-state index < -0.39 is 0 Å². The van der Waals surface area contributed by atoms with Gasteiger partial charge in [0.25, 0.3) is 0 Å². The number of rotatable bonds is 13. The summed E-state index contributed by atoms with van der Waals surface area (Å²) in [5.41, 5.74) is 1.06. The zero-order valence-corrected chi connectivity index (χ0v) is 17.3. The molecule has 2 rings (SSSR count). The highest BCUT2D eigenvalue weighted by molar-refractivity contribution is 8.00. The molecular weight excluding hydrogens is 350 g/mol. The van der Waals surface area contributed by atoms with Crippen molar-refractivity contribution in [1.29, 1.82) is 0 Å². The molecule has 0 aliphatic heterocycles. The minimum absolute atomic E-state index is 0.109. The normalized spacial score (nSPS) is 11.9. The first-order valence-corrected chi connectivity index (χ1v) is 11.2. The average Bonchev–Trinajstić information content (AvgIpc) is 2.72. The Morgan fingerprint density at radius 3 is 2.00 bits per heavy atom. The van der Waals surface area contributed by atoms with Gasteiger partial charge in [0.2, 0.25) is 5.91 Å². The van der Waals surface area contributed by atoms with Gasteiger partial charge in [-0.15, -0.1) is 11.8 Å². The molecule has 0 fully saturated rings. The predicted molar refractivity (Wildman–Crippen MR) is 117 cm³/mol. The van der Waals surface area contributed by atoms with Gasteiger partial charge < -0.3 is 5.32 Å². The first-order chi connectivity index (χ1) is 13.3. The second kappa shape index (κ2) is 13.4. The van der Waals surface area contributed by atoms with Crippen LogP contribution in [0.3, 0.4) is 0 Å². The molecule has 0 bridgehead atoms. The minimum atomic E-state index is -0.206. The maximum Gasteiger partial charge on any atom is 0.237 e. The molecule has 0 saturated carbocycles. The van der Waals surface area contributed by atoms with E-state index in [1.165, 1.54) is 44.9 Å². The van der Waals surface area contributed by atoms with Crippen LogP contribution in [0.5, 0.6) is 0 Å². The van der Waals surface area contributed by atoms with Crippen molar-refractivity contribution >= 4 is 17.7 Å². The van der Waals surface area contributed by atoms with Crippen molar-refractivity contribution in [2.75, 3.05) is 6.54 Å². The summed E-state index contributed by atoms with van der Waals surface area (Å²) in [5, 5.41) is 2.95. The van der Waals surface area contributed by atoms with Gasteiger partial charge in [-0.1, -0.05) is 100 Å². The molecule has 1 atom stereocenters. The largest absolute Gasteiger partial charge is 0.355 e. The lowest BCUT2D eigenvalue weighted by atomic mass is 10.1. The third kappa shape index (κ3) is 8.66. The van der Waals surface area contributed by atoms with E-state index in [0.717, 1.165) is 23.4 Å². The van der Waals surface area contributed by atoms with E-state index in [1.807, 2.05) is 48.5 Å². The number of nitrogens with one attached hydrogen (secondary N) is 1. The van der Waals surface area contributed by atoms with Gasteiger partial charge in [0.05, 0.1) is 0 Å². The van der Waals surface area contributed by atoms with Crippen molar-refractivity contribution in [3.63, 3.8) is 0 Å². The Morgan fingerprint density at radius 2 is 1.37 bits per heavy atom. The van der Waals surface area contributed by atoms with Gasteiger partial charge in [0, 0.05) is 11.4 Å². The number of unbranched alkanes of at least 4 members (excludes halogenated alkanes) is 7. The lowest BCUT2D eigenvalue weighted by Crippen LogP contribution is -2.28. The second-order valence-electron chi connectivity index (χ2n) is 6.99. The van der Waals surface area contributed by atoms with E-state index in [1.54, 1.807) is 11.8 Å². The molecule has 146 valence electrons. The van der Waals surface area contributed by atoms with Crippen molar-refractivity contribution in [2.45, 2.75) is 68.4 Å². The van der Waals surface area contributed by atoms with Crippen LogP contribution in [0.4, 0.5) is 0 Å². The number of amides is 1. The highest BCUT2D eigenvalue weighted by Gasteiger charge is 2.21. The van der Waals surface area contributed by atoms with Gasteiger partial charge >= 0.3 is 0 Å². The predicted octanol–water partition coefficient (Wildman–Crippen LogP) is 6.78. The molecule has 2 aromatic carbocycles. The Morgan fingerprint density at radius 1 is 0.815 bits per heavy atom. The van der Waals surface area contributed by atoms with Crippen LogP contribution in [0, 0.1) is 0 Å². The lowest BCUT2D eigenvalue weighted by Gasteiger charge is -2.17. The van der Waals surface area contributed by atoms with E-state index in [2.05, 4.69) is 24.4 Å². The minimum Gasteiger partial charge on any atom is -0.355 e. The second-order valence-corrected chi connectivity index (χ2v) is 8.17. The summed E-state index contributed by atoms with van der Waals surface area (Å²) in [6, 6.07) is 20.2. The molecule has 0 saturated heterocycles. The van der Waals surface area contributed by atoms with Crippen molar-refractivity contribution in [2.24, 2.45) is 0 Å². The molecule has 0 spiro atoms. The maximum atomic E-state index is 12.8. The number of benzene rings is 2. The summed E-state index contributed by atoms with van der Waals surface area (Å²) in [5.74, 6) is 0.109. The van der Waals surface area contributed by atoms with Gasteiger partial charge in [-0.05, 0) is 24.1 Å². The molecule has 3 heteroatoms. The molecular formula is C24H33NOS. The Kier molecular flexibility index (Phi) is 10.7. The third-order valence-electron chi connectivity index (χ3n) is 4.67. The van der Waals surface area contributed by atoms with Crippen LogP contribution in [0.25, 0.3) is 0 Å². The van der Waals surface area contributed by atoms with Crippen molar-refractivity contribution in [1.82, 2.24) is 5.32 Å². The van der Waals surface area contributed by atoms with E-state index in [4.69, 9.17) is 0 Å². The Hall–Kier alpha value is -1.74. The van der Waals surface area contributed by atoms with Crippen LogP contribution >= 0.6 is 11.8 Å². The van der Waals surface area contributed by atoms with E-state index >= 15 is 0 Å². The fourth-order valence-corrected chi connectivity index (χ4v) is 4.17. The number of carbonyl (C=O) groups is 1. The fraction of sp³-hybridized carbons (Fsp3) is 0.458. The average molecular weight is 384 g/mol. The molecule has 0 aliphatic carbocycles. The molecule has 0 unspecified atom stereocenters. The highest BCUT2D eigenvalue weighted by atomic mass is 32.2. The first kappa shape index (κ1) is 21.6. The number of thioether (sulfide) groups is 1. The summed E-state index contributed by atoms with van der Waals surface area (Å²) < 4.78 is 0. The SMILES string of the molecule is CCCCCCCCCCNC(=O)[C@H](Sc1ccccc1)c1ccccc1. The Bertz CT molecular complexity index is 629. The van der Waals surface area contributed by atoms with Crippen LogP contribution in [-0.4, -0.2) is 12.5 Å². The summed E-state index contributed by atoms with van der Waals surface area (Å²) in [6.45, 7) is 3.02. The van der Waals surface area contributed by atoms with Gasteiger partial charge in [0.1, 0.15) is 5.25 Å². The van der Waals surface area contributed by atoms with Gasteiger partial charge in [-0.2, -0.15) is 0 Å². The lowest BCUT2D eigenvalue weighted by molar-refractivity contribution is -0.120. The number of hydrogen-bond acceptors (Lipinski definition) is 2. The maximum absolute atomic E-state index is 12.8. The third-order valence-corrected chi connectivity index (χ3v) is 5.93. The van der Waals surface area contributed by atoms with Crippen LogP contribution in [0.15, 0.2) is 65.6 Å². The first-order valence-electron chi connectivity index (χ1n) is 10.4. The molecule has 0 radical (unpaired) electrons. The quantitative estimate of drug-likeness (QED) is 0.305. The topological polar surface area (TPSA) is 29.1 Å². The van der Waals surface area contributed by atoms with Crippen LogP contribution in [-0.2, 0) is 4.79 Å². The monoisotopic (exact) mass is 383 g/mol. The smallest absolute Gasteiger partial charge is 0.237 e. The van der Waals surface area contributed by atoms with Gasteiger partial charge in [-0.25, -0.2) is 0 Å². The Labute approximate surface area is 169 Å². The molecule has 0 aromatic heterocycles. The summed E-state index contributed by atoms with van der Waals surface area (Å²) in [4.78, 5) is 13.9. The molecule has 0 heterocycles. The van der Waals surface area contributed by atoms with E-state index in [0.29, 0.717) is 0 Å². The van der Waals surface area contributed by atoms with Crippen molar-refractivity contribution < 1.29 is 4.79 Å². The Balaban J connectivity index is 1.77. The molecule has 1 amide bonds.